The number of rotatable bonds is 11. The van der Waals surface area contributed by atoms with Gasteiger partial charge < -0.3 is 15.8 Å². The number of hydrogen-bond acceptors (Lipinski definition) is 4. The molecule has 16 heavy (non-hydrogen) atoms. The summed E-state index contributed by atoms with van der Waals surface area (Å²) in [5.41, 5.74) is 5.33. The first kappa shape index (κ1) is 15.7. The minimum Gasteiger partial charge on any atom is -0.381 e. The molecular formula is C11H24N2O2S. The predicted molar refractivity (Wildman–Crippen MR) is 69.7 cm³/mol. The standard InChI is InChI=1S/C11H24N2O2S/c1-2-3-7-15-8-4-6-13-11(14)10-16-9-5-12/h2-10,12H2,1H3,(H,13,14). The molecule has 0 rings (SSSR count). The molecule has 0 aromatic carbocycles. The molecular weight excluding hydrogens is 224 g/mol. The molecule has 0 saturated carbocycles. The zero-order chi connectivity index (χ0) is 12.1. The van der Waals surface area contributed by atoms with E-state index in [1.807, 2.05) is 0 Å². The zero-order valence-electron chi connectivity index (χ0n) is 10.2. The highest BCUT2D eigenvalue weighted by Gasteiger charge is 1.99. The molecule has 0 aromatic rings. The van der Waals surface area contributed by atoms with Crippen LogP contribution in [-0.4, -0.2) is 43.7 Å². The fourth-order valence-corrected chi connectivity index (χ4v) is 1.65. The van der Waals surface area contributed by atoms with Gasteiger partial charge in [0.1, 0.15) is 0 Å². The molecule has 96 valence electrons. The Hall–Kier alpha value is -0.260. The van der Waals surface area contributed by atoms with E-state index in [4.69, 9.17) is 10.5 Å². The number of unbranched alkanes of at least 4 members (excludes halogenated alkanes) is 1. The summed E-state index contributed by atoms with van der Waals surface area (Å²) in [6.45, 7) is 5.03. The quantitative estimate of drug-likeness (QED) is 0.535. The number of carbonyl (C=O) groups is 1. The summed E-state index contributed by atoms with van der Waals surface area (Å²) in [4.78, 5) is 11.2. The molecule has 0 spiro atoms. The minimum atomic E-state index is 0.0898. The maximum atomic E-state index is 11.2. The maximum Gasteiger partial charge on any atom is 0.229 e. The molecule has 3 N–H and O–H groups in total. The van der Waals surface area contributed by atoms with Crippen LogP contribution in [0.25, 0.3) is 0 Å². The Kier molecular flexibility index (Phi) is 12.6. The maximum absolute atomic E-state index is 11.2. The number of amides is 1. The average Bonchev–Trinajstić information content (AvgIpc) is 2.28. The average molecular weight is 248 g/mol. The summed E-state index contributed by atoms with van der Waals surface area (Å²) < 4.78 is 5.38. The Morgan fingerprint density at radius 1 is 1.38 bits per heavy atom. The molecule has 0 aliphatic heterocycles. The van der Waals surface area contributed by atoms with Crippen molar-refractivity contribution in [1.29, 1.82) is 0 Å². The van der Waals surface area contributed by atoms with Gasteiger partial charge in [-0.15, -0.1) is 0 Å². The molecule has 0 saturated heterocycles. The Bertz CT molecular complexity index is 168. The van der Waals surface area contributed by atoms with Crippen molar-refractivity contribution in [2.24, 2.45) is 5.73 Å². The molecule has 4 nitrogen and oxygen atoms in total. The van der Waals surface area contributed by atoms with Crippen molar-refractivity contribution in [2.45, 2.75) is 26.2 Å². The number of ether oxygens (including phenoxy) is 1. The number of nitrogens with two attached hydrogens (primary N) is 1. The molecule has 0 aliphatic rings. The van der Waals surface area contributed by atoms with Crippen LogP contribution < -0.4 is 11.1 Å². The van der Waals surface area contributed by atoms with Crippen molar-refractivity contribution in [3.05, 3.63) is 0 Å². The molecule has 0 radical (unpaired) electrons. The van der Waals surface area contributed by atoms with E-state index in [1.165, 1.54) is 0 Å². The Morgan fingerprint density at radius 3 is 2.81 bits per heavy atom. The van der Waals surface area contributed by atoms with Gasteiger partial charge in [-0.2, -0.15) is 11.8 Å². The van der Waals surface area contributed by atoms with Gasteiger partial charge in [-0.3, -0.25) is 4.79 Å². The van der Waals surface area contributed by atoms with Crippen LogP contribution in [0.15, 0.2) is 0 Å². The largest absolute Gasteiger partial charge is 0.381 e. The van der Waals surface area contributed by atoms with Crippen LogP contribution in [0.4, 0.5) is 0 Å². The van der Waals surface area contributed by atoms with Crippen LogP contribution in [0.1, 0.15) is 26.2 Å². The van der Waals surface area contributed by atoms with Gasteiger partial charge >= 0.3 is 0 Å². The van der Waals surface area contributed by atoms with E-state index in [-0.39, 0.29) is 5.91 Å². The molecule has 1 amide bonds. The number of hydrogen-bond donors (Lipinski definition) is 2. The van der Waals surface area contributed by atoms with Gasteiger partial charge in [0.05, 0.1) is 5.75 Å². The molecule has 0 aliphatic carbocycles. The zero-order valence-corrected chi connectivity index (χ0v) is 11.0. The van der Waals surface area contributed by atoms with Gasteiger partial charge in [0.2, 0.25) is 5.91 Å². The third kappa shape index (κ3) is 11.8. The first-order valence-corrected chi connectivity index (χ1v) is 7.09. The molecule has 0 unspecified atom stereocenters. The Labute approximate surface area is 103 Å². The lowest BCUT2D eigenvalue weighted by Gasteiger charge is -2.05. The second-order valence-electron chi connectivity index (χ2n) is 3.51. The van der Waals surface area contributed by atoms with Crippen molar-refractivity contribution >= 4 is 17.7 Å². The van der Waals surface area contributed by atoms with E-state index in [1.54, 1.807) is 11.8 Å². The van der Waals surface area contributed by atoms with Crippen LogP contribution in [0.5, 0.6) is 0 Å². The molecule has 0 bridgehead atoms. The van der Waals surface area contributed by atoms with E-state index in [9.17, 15) is 4.79 Å². The summed E-state index contributed by atoms with van der Waals surface area (Å²) in [6, 6.07) is 0. The lowest BCUT2D eigenvalue weighted by Crippen LogP contribution is -2.27. The highest BCUT2D eigenvalue weighted by molar-refractivity contribution is 7.99. The fraction of sp³-hybridized carbons (Fsp3) is 0.909. The molecule has 5 heteroatoms. The summed E-state index contributed by atoms with van der Waals surface area (Å²) in [5.74, 6) is 1.44. The summed E-state index contributed by atoms with van der Waals surface area (Å²) in [7, 11) is 0. The number of thioether (sulfide) groups is 1. The fourth-order valence-electron chi connectivity index (χ4n) is 1.05. The van der Waals surface area contributed by atoms with Crippen LogP contribution in [0.3, 0.4) is 0 Å². The Balaban J connectivity index is 3.09. The van der Waals surface area contributed by atoms with E-state index < -0.39 is 0 Å². The number of nitrogens with one attached hydrogen (secondary N) is 1. The van der Waals surface area contributed by atoms with Gasteiger partial charge in [0.15, 0.2) is 0 Å². The smallest absolute Gasteiger partial charge is 0.229 e. The van der Waals surface area contributed by atoms with Crippen molar-refractivity contribution in [3.8, 4) is 0 Å². The van der Waals surface area contributed by atoms with E-state index in [2.05, 4.69) is 12.2 Å². The van der Waals surface area contributed by atoms with Crippen molar-refractivity contribution in [2.75, 3.05) is 37.8 Å². The van der Waals surface area contributed by atoms with Crippen molar-refractivity contribution < 1.29 is 9.53 Å². The highest BCUT2D eigenvalue weighted by Crippen LogP contribution is 1.96. The van der Waals surface area contributed by atoms with Gasteiger partial charge in [0.25, 0.3) is 0 Å². The first-order chi connectivity index (χ1) is 7.81. The van der Waals surface area contributed by atoms with Crippen molar-refractivity contribution in [3.63, 3.8) is 0 Å². The Morgan fingerprint density at radius 2 is 2.12 bits per heavy atom. The normalized spacial score (nSPS) is 10.4. The molecule has 0 atom stereocenters. The highest BCUT2D eigenvalue weighted by atomic mass is 32.2. The summed E-state index contributed by atoms with van der Waals surface area (Å²) >= 11 is 1.57. The van der Waals surface area contributed by atoms with E-state index in [0.717, 1.165) is 38.2 Å². The first-order valence-electron chi connectivity index (χ1n) is 5.93. The lowest BCUT2D eigenvalue weighted by atomic mass is 10.4. The lowest BCUT2D eigenvalue weighted by molar-refractivity contribution is -0.118. The van der Waals surface area contributed by atoms with E-state index in [0.29, 0.717) is 18.8 Å². The van der Waals surface area contributed by atoms with Crippen LogP contribution in [0.2, 0.25) is 0 Å². The molecule has 0 aromatic heterocycles. The van der Waals surface area contributed by atoms with Crippen LogP contribution >= 0.6 is 11.8 Å². The van der Waals surface area contributed by atoms with Gasteiger partial charge in [0, 0.05) is 32.1 Å². The number of carbonyl (C=O) groups excluding carboxylic acids is 1. The van der Waals surface area contributed by atoms with Crippen LogP contribution in [0, 0.1) is 0 Å². The second-order valence-corrected chi connectivity index (χ2v) is 4.62. The topological polar surface area (TPSA) is 64.3 Å². The third-order valence-electron chi connectivity index (χ3n) is 1.93. The summed E-state index contributed by atoms with van der Waals surface area (Å²) in [6.07, 6.45) is 3.16. The minimum absolute atomic E-state index is 0.0898. The predicted octanol–water partition coefficient (Wildman–Crippen LogP) is 1.00. The second kappa shape index (κ2) is 12.8. The van der Waals surface area contributed by atoms with Crippen molar-refractivity contribution in [1.82, 2.24) is 5.32 Å². The van der Waals surface area contributed by atoms with Gasteiger partial charge in [-0.25, -0.2) is 0 Å². The van der Waals surface area contributed by atoms with Gasteiger partial charge in [-0.05, 0) is 12.8 Å². The van der Waals surface area contributed by atoms with Crippen LogP contribution in [-0.2, 0) is 9.53 Å². The van der Waals surface area contributed by atoms with E-state index >= 15 is 0 Å². The third-order valence-corrected chi connectivity index (χ3v) is 2.92. The summed E-state index contributed by atoms with van der Waals surface area (Å²) in [5, 5.41) is 2.85. The van der Waals surface area contributed by atoms with Gasteiger partial charge in [-0.1, -0.05) is 13.3 Å². The monoisotopic (exact) mass is 248 g/mol. The SMILES string of the molecule is CCCCOCCCNC(=O)CSCCN. The molecule has 0 fully saturated rings. The molecule has 0 heterocycles.